The zero-order chi connectivity index (χ0) is 15.8. The number of esters is 2. The van der Waals surface area contributed by atoms with Gasteiger partial charge in [-0.25, -0.2) is 0 Å². The van der Waals surface area contributed by atoms with E-state index < -0.39 is 48.1 Å². The topological polar surface area (TPSA) is 97.4 Å². The summed E-state index contributed by atoms with van der Waals surface area (Å²) in [4.78, 5) is 34.3. The first kappa shape index (κ1) is 15.9. The van der Waals surface area contributed by atoms with E-state index in [4.69, 9.17) is 23.7 Å². The third kappa shape index (κ3) is 3.58. The van der Waals surface area contributed by atoms with Gasteiger partial charge in [0, 0.05) is 13.8 Å². The van der Waals surface area contributed by atoms with E-state index in [2.05, 4.69) is 0 Å². The van der Waals surface area contributed by atoms with E-state index in [9.17, 15) is 14.4 Å². The van der Waals surface area contributed by atoms with Crippen LogP contribution in [0, 0.1) is 0 Å². The fourth-order valence-corrected chi connectivity index (χ4v) is 2.26. The Morgan fingerprint density at radius 3 is 2.43 bits per heavy atom. The molecule has 0 aliphatic carbocycles. The van der Waals surface area contributed by atoms with E-state index in [1.165, 1.54) is 13.8 Å². The molecule has 2 aliphatic rings. The molecule has 0 unspecified atom stereocenters. The molecule has 2 heterocycles. The van der Waals surface area contributed by atoms with E-state index in [0.717, 1.165) is 0 Å². The van der Waals surface area contributed by atoms with Crippen LogP contribution >= 0.6 is 0 Å². The minimum Gasteiger partial charge on any atom is -0.462 e. The van der Waals surface area contributed by atoms with Crippen molar-refractivity contribution in [1.82, 2.24) is 0 Å². The van der Waals surface area contributed by atoms with Gasteiger partial charge < -0.3 is 23.7 Å². The molecule has 21 heavy (non-hydrogen) atoms. The molecule has 118 valence electrons. The van der Waals surface area contributed by atoms with Crippen LogP contribution in [0.15, 0.2) is 0 Å². The zero-order valence-corrected chi connectivity index (χ0v) is 12.3. The van der Waals surface area contributed by atoms with Crippen molar-refractivity contribution in [3.05, 3.63) is 0 Å². The average Bonchev–Trinajstić information content (AvgIpc) is 2.78. The molecule has 0 saturated carbocycles. The van der Waals surface area contributed by atoms with Gasteiger partial charge in [0.25, 0.3) is 0 Å². The molecule has 8 nitrogen and oxygen atoms in total. The minimum absolute atomic E-state index is 0.270. The molecular formula is C13H18O8. The molecule has 0 aromatic rings. The number of ether oxygens (including phenoxy) is 5. The number of carbonyl (C=O) groups is 3. The summed E-state index contributed by atoms with van der Waals surface area (Å²) in [5.74, 6) is -2.47. The van der Waals surface area contributed by atoms with E-state index in [1.807, 2.05) is 0 Å². The molecule has 2 aliphatic heterocycles. The highest BCUT2D eigenvalue weighted by Crippen LogP contribution is 2.36. The Labute approximate surface area is 121 Å². The van der Waals surface area contributed by atoms with E-state index >= 15 is 0 Å². The Balaban J connectivity index is 2.06. The maximum atomic E-state index is 12.3. The predicted molar refractivity (Wildman–Crippen MR) is 65.9 cm³/mol. The normalized spacial score (nSPS) is 31.6. The van der Waals surface area contributed by atoms with Gasteiger partial charge in [0.2, 0.25) is 0 Å². The highest BCUT2D eigenvalue weighted by Gasteiger charge is 2.56. The largest absolute Gasteiger partial charge is 0.462 e. The first-order chi connectivity index (χ1) is 9.69. The SMILES string of the molecule is CC(=O)OC[C@H](OC(C)=O)[C@H]1O[C@@H]2OC(C)(C)O[C@@H]2C1=O. The van der Waals surface area contributed by atoms with Crippen molar-refractivity contribution >= 4 is 17.7 Å². The Morgan fingerprint density at radius 1 is 1.24 bits per heavy atom. The summed E-state index contributed by atoms with van der Waals surface area (Å²) in [5.41, 5.74) is 0. The van der Waals surface area contributed by atoms with Crippen molar-refractivity contribution in [3.8, 4) is 0 Å². The molecular weight excluding hydrogens is 284 g/mol. The summed E-state index contributed by atoms with van der Waals surface area (Å²) in [5, 5.41) is 0. The number of hydrogen-bond acceptors (Lipinski definition) is 8. The molecule has 0 amide bonds. The van der Waals surface area contributed by atoms with Gasteiger partial charge in [-0.2, -0.15) is 0 Å². The fraction of sp³-hybridized carbons (Fsp3) is 0.769. The van der Waals surface area contributed by atoms with E-state index in [-0.39, 0.29) is 6.61 Å². The highest BCUT2D eigenvalue weighted by molar-refractivity contribution is 5.90. The average molecular weight is 302 g/mol. The fourth-order valence-electron chi connectivity index (χ4n) is 2.26. The lowest BCUT2D eigenvalue weighted by molar-refractivity contribution is -0.218. The Hall–Kier alpha value is -1.51. The van der Waals surface area contributed by atoms with Crippen molar-refractivity contribution in [2.45, 2.75) is 58.1 Å². The second-order valence-corrected chi connectivity index (χ2v) is 5.33. The summed E-state index contributed by atoms with van der Waals surface area (Å²) in [6, 6.07) is 0. The van der Waals surface area contributed by atoms with Gasteiger partial charge in [0.05, 0.1) is 0 Å². The first-order valence-corrected chi connectivity index (χ1v) is 6.55. The second-order valence-electron chi connectivity index (χ2n) is 5.33. The summed E-state index contributed by atoms with van der Waals surface area (Å²) in [6.07, 6.45) is -3.84. The van der Waals surface area contributed by atoms with Crippen LogP contribution in [0.3, 0.4) is 0 Å². The smallest absolute Gasteiger partial charge is 0.303 e. The molecule has 2 fully saturated rings. The Bertz CT molecular complexity index is 457. The van der Waals surface area contributed by atoms with Crippen molar-refractivity contribution in [3.63, 3.8) is 0 Å². The van der Waals surface area contributed by atoms with Gasteiger partial charge in [-0.3, -0.25) is 14.4 Å². The number of Topliss-reactive ketones (excluding diaryl/α,β-unsaturated/α-hetero) is 1. The minimum atomic E-state index is -1.08. The van der Waals surface area contributed by atoms with Gasteiger partial charge in [-0.1, -0.05) is 0 Å². The number of carbonyl (C=O) groups excluding carboxylic acids is 3. The number of ketones is 1. The standard InChI is InChI=1S/C13H18O8/c1-6(14)17-5-8(18-7(2)15)10-9(16)11-12(19-10)21-13(3,4)20-11/h8,10-12H,5H2,1-4H3/t8-,10+,11+,12+/m0/s1. The number of rotatable bonds is 4. The van der Waals surface area contributed by atoms with Crippen LogP contribution in [-0.4, -0.2) is 54.7 Å². The maximum absolute atomic E-state index is 12.3. The van der Waals surface area contributed by atoms with Gasteiger partial charge in [0.1, 0.15) is 6.61 Å². The Kier molecular flexibility index (Phi) is 4.31. The summed E-state index contributed by atoms with van der Waals surface area (Å²) in [6.45, 7) is 5.47. The van der Waals surface area contributed by atoms with Crippen molar-refractivity contribution in [1.29, 1.82) is 0 Å². The lowest BCUT2D eigenvalue weighted by Crippen LogP contribution is -2.42. The van der Waals surface area contributed by atoms with Crippen molar-refractivity contribution in [2.24, 2.45) is 0 Å². The first-order valence-electron chi connectivity index (χ1n) is 6.55. The Morgan fingerprint density at radius 2 is 1.90 bits per heavy atom. The molecule has 0 bridgehead atoms. The number of fused-ring (bicyclic) bond motifs is 1. The van der Waals surface area contributed by atoms with Gasteiger partial charge in [-0.15, -0.1) is 0 Å². The van der Waals surface area contributed by atoms with Gasteiger partial charge in [0.15, 0.2) is 36.2 Å². The third-order valence-electron chi connectivity index (χ3n) is 3.01. The number of hydrogen-bond donors (Lipinski definition) is 0. The molecule has 0 spiro atoms. The molecule has 0 aromatic heterocycles. The molecule has 0 N–H and O–H groups in total. The van der Waals surface area contributed by atoms with Crippen LogP contribution in [0.2, 0.25) is 0 Å². The molecule has 4 atom stereocenters. The quantitative estimate of drug-likeness (QED) is 0.665. The van der Waals surface area contributed by atoms with Crippen LogP contribution in [0.25, 0.3) is 0 Å². The second kappa shape index (κ2) is 5.70. The molecule has 2 rings (SSSR count). The van der Waals surface area contributed by atoms with Crippen LogP contribution in [-0.2, 0) is 38.1 Å². The molecule has 8 heteroatoms. The predicted octanol–water partition coefficient (Wildman–Crippen LogP) is -0.0733. The van der Waals surface area contributed by atoms with Crippen LogP contribution in [0.5, 0.6) is 0 Å². The third-order valence-corrected chi connectivity index (χ3v) is 3.01. The summed E-state index contributed by atoms with van der Waals surface area (Å²) < 4.78 is 26.2. The zero-order valence-electron chi connectivity index (χ0n) is 12.3. The molecule has 0 radical (unpaired) electrons. The van der Waals surface area contributed by atoms with Crippen LogP contribution in [0.1, 0.15) is 27.7 Å². The van der Waals surface area contributed by atoms with Gasteiger partial charge in [-0.05, 0) is 13.8 Å². The summed E-state index contributed by atoms with van der Waals surface area (Å²) >= 11 is 0. The van der Waals surface area contributed by atoms with E-state index in [0.29, 0.717) is 0 Å². The monoisotopic (exact) mass is 302 g/mol. The van der Waals surface area contributed by atoms with E-state index in [1.54, 1.807) is 13.8 Å². The summed E-state index contributed by atoms with van der Waals surface area (Å²) in [7, 11) is 0. The van der Waals surface area contributed by atoms with Gasteiger partial charge >= 0.3 is 11.9 Å². The highest BCUT2D eigenvalue weighted by atomic mass is 16.8. The lowest BCUT2D eigenvalue weighted by Gasteiger charge is -2.24. The molecule has 0 aromatic carbocycles. The maximum Gasteiger partial charge on any atom is 0.303 e. The van der Waals surface area contributed by atoms with Crippen molar-refractivity contribution < 1.29 is 38.1 Å². The van der Waals surface area contributed by atoms with Crippen molar-refractivity contribution in [2.75, 3.05) is 6.61 Å². The molecule has 2 saturated heterocycles. The lowest BCUT2D eigenvalue weighted by atomic mass is 10.1. The van der Waals surface area contributed by atoms with Crippen LogP contribution in [0.4, 0.5) is 0 Å². The van der Waals surface area contributed by atoms with Crippen LogP contribution < -0.4 is 0 Å².